The zero-order valence-corrected chi connectivity index (χ0v) is 17.5. The molecule has 31 heavy (non-hydrogen) atoms. The SMILES string of the molecule is O=[N+]([O-])c1cccc([C@H]2N3CCc4ccccc4[C@@H]3CN2S(=O)(=O)c2ccccc2)c1. The molecule has 3 aromatic rings. The van der Waals surface area contributed by atoms with Gasteiger partial charge in [-0.2, -0.15) is 4.31 Å². The summed E-state index contributed by atoms with van der Waals surface area (Å²) in [6.07, 6.45) is 0.195. The van der Waals surface area contributed by atoms with Gasteiger partial charge in [-0.15, -0.1) is 0 Å². The van der Waals surface area contributed by atoms with Gasteiger partial charge in [-0.3, -0.25) is 15.0 Å². The minimum atomic E-state index is -3.81. The Bertz CT molecular complexity index is 1250. The predicted octanol–water partition coefficient (Wildman–Crippen LogP) is 3.90. The zero-order chi connectivity index (χ0) is 21.6. The van der Waals surface area contributed by atoms with Crippen LogP contribution in [0.15, 0.2) is 83.8 Å². The molecule has 2 heterocycles. The van der Waals surface area contributed by atoms with Crippen LogP contribution in [0, 0.1) is 10.1 Å². The molecule has 0 spiro atoms. The standard InChI is InChI=1S/C23H21N3O4S/c27-26(28)19-9-6-8-18(15-19)23-24-14-13-17-7-4-5-12-21(17)22(24)16-25(23)31(29,30)20-10-2-1-3-11-20/h1-12,15,22-23H,13-14,16H2/t22-,23-/m0/s1. The Balaban J connectivity index is 1.65. The number of sulfonamides is 1. The van der Waals surface area contributed by atoms with E-state index < -0.39 is 21.1 Å². The van der Waals surface area contributed by atoms with Crippen LogP contribution in [0.2, 0.25) is 0 Å². The van der Waals surface area contributed by atoms with Crippen LogP contribution in [0.1, 0.15) is 28.9 Å². The third kappa shape index (κ3) is 3.33. The molecule has 2 aliphatic rings. The van der Waals surface area contributed by atoms with Crippen LogP contribution in [-0.2, 0) is 16.4 Å². The highest BCUT2D eigenvalue weighted by molar-refractivity contribution is 7.89. The molecule has 0 saturated carbocycles. The second-order valence-electron chi connectivity index (χ2n) is 7.82. The molecule has 1 saturated heterocycles. The quantitative estimate of drug-likeness (QED) is 0.458. The lowest BCUT2D eigenvalue weighted by molar-refractivity contribution is -0.385. The van der Waals surface area contributed by atoms with E-state index in [4.69, 9.17) is 0 Å². The Labute approximate surface area is 180 Å². The third-order valence-electron chi connectivity index (χ3n) is 6.12. The Morgan fingerprint density at radius 1 is 0.935 bits per heavy atom. The van der Waals surface area contributed by atoms with Gasteiger partial charge in [0, 0.05) is 25.2 Å². The van der Waals surface area contributed by atoms with Crippen molar-refractivity contribution >= 4 is 15.7 Å². The highest BCUT2D eigenvalue weighted by atomic mass is 32.2. The summed E-state index contributed by atoms with van der Waals surface area (Å²) in [5.74, 6) is 0. The summed E-state index contributed by atoms with van der Waals surface area (Å²) < 4.78 is 28.8. The average Bonchev–Trinajstić information content (AvgIpc) is 3.21. The molecule has 3 aromatic carbocycles. The van der Waals surface area contributed by atoms with Crippen LogP contribution in [0.3, 0.4) is 0 Å². The van der Waals surface area contributed by atoms with Gasteiger partial charge in [0.25, 0.3) is 5.69 Å². The number of non-ortho nitro benzene ring substituents is 1. The van der Waals surface area contributed by atoms with Crippen LogP contribution in [0.4, 0.5) is 5.69 Å². The van der Waals surface area contributed by atoms with Gasteiger partial charge < -0.3 is 0 Å². The van der Waals surface area contributed by atoms with Crippen LogP contribution in [0.5, 0.6) is 0 Å². The molecule has 2 atom stereocenters. The fourth-order valence-corrected chi connectivity index (χ4v) is 6.33. The number of nitro benzene ring substituents is 1. The van der Waals surface area contributed by atoms with Crippen LogP contribution in [0.25, 0.3) is 0 Å². The summed E-state index contributed by atoms with van der Waals surface area (Å²) in [6.45, 7) is 0.970. The van der Waals surface area contributed by atoms with Gasteiger partial charge in [0.2, 0.25) is 10.0 Å². The minimum Gasteiger partial charge on any atom is -0.274 e. The number of fused-ring (bicyclic) bond motifs is 3. The van der Waals surface area contributed by atoms with E-state index in [1.54, 1.807) is 42.5 Å². The first-order chi connectivity index (χ1) is 15.0. The molecule has 0 unspecified atom stereocenters. The van der Waals surface area contributed by atoms with Gasteiger partial charge in [-0.1, -0.05) is 54.6 Å². The van der Waals surface area contributed by atoms with Gasteiger partial charge >= 0.3 is 0 Å². The van der Waals surface area contributed by atoms with Crippen molar-refractivity contribution in [1.29, 1.82) is 0 Å². The normalized spacial score (nSPS) is 21.4. The van der Waals surface area contributed by atoms with Crippen LogP contribution in [-0.4, -0.2) is 35.6 Å². The van der Waals surface area contributed by atoms with Crippen molar-refractivity contribution in [2.24, 2.45) is 0 Å². The first-order valence-electron chi connectivity index (χ1n) is 10.1. The summed E-state index contributed by atoms with van der Waals surface area (Å²) in [4.78, 5) is 13.3. The Hall–Kier alpha value is -3.07. The maximum absolute atomic E-state index is 13.7. The highest BCUT2D eigenvalue weighted by Crippen LogP contribution is 2.46. The van der Waals surface area contributed by atoms with Crippen molar-refractivity contribution in [2.45, 2.75) is 23.5 Å². The van der Waals surface area contributed by atoms with Crippen molar-refractivity contribution in [3.63, 3.8) is 0 Å². The summed E-state index contributed by atoms with van der Waals surface area (Å²) in [5.41, 5.74) is 2.90. The van der Waals surface area contributed by atoms with Gasteiger partial charge in [0.15, 0.2) is 0 Å². The Morgan fingerprint density at radius 3 is 2.45 bits per heavy atom. The largest absolute Gasteiger partial charge is 0.274 e. The lowest BCUT2D eigenvalue weighted by atomic mass is 9.93. The lowest BCUT2D eigenvalue weighted by Crippen LogP contribution is -2.37. The van der Waals surface area contributed by atoms with E-state index in [1.165, 1.54) is 22.0 Å². The first-order valence-corrected chi connectivity index (χ1v) is 11.6. The number of benzene rings is 3. The fraction of sp³-hybridized carbons (Fsp3) is 0.217. The third-order valence-corrected chi connectivity index (χ3v) is 7.96. The van der Waals surface area contributed by atoms with Crippen molar-refractivity contribution in [2.75, 3.05) is 13.1 Å². The number of rotatable bonds is 4. The van der Waals surface area contributed by atoms with Crippen molar-refractivity contribution in [1.82, 2.24) is 9.21 Å². The molecule has 0 aromatic heterocycles. The smallest absolute Gasteiger partial charge is 0.269 e. The molecule has 8 heteroatoms. The van der Waals surface area contributed by atoms with E-state index in [1.807, 2.05) is 12.1 Å². The maximum atomic E-state index is 13.7. The lowest BCUT2D eigenvalue weighted by Gasteiger charge is -2.35. The van der Waals surface area contributed by atoms with E-state index in [2.05, 4.69) is 17.0 Å². The van der Waals surface area contributed by atoms with Crippen molar-refractivity contribution < 1.29 is 13.3 Å². The van der Waals surface area contributed by atoms with Gasteiger partial charge in [-0.05, 0) is 35.2 Å². The van der Waals surface area contributed by atoms with E-state index in [0.717, 1.165) is 12.0 Å². The first kappa shape index (κ1) is 19.9. The number of hydrogen-bond acceptors (Lipinski definition) is 5. The van der Waals surface area contributed by atoms with Crippen molar-refractivity contribution in [3.05, 3.63) is 106 Å². The summed E-state index contributed by atoms with van der Waals surface area (Å²) in [6, 6.07) is 22.7. The topological polar surface area (TPSA) is 83.8 Å². The van der Waals surface area contributed by atoms with Crippen LogP contribution >= 0.6 is 0 Å². The summed E-state index contributed by atoms with van der Waals surface area (Å²) >= 11 is 0. The molecule has 0 bridgehead atoms. The molecule has 1 fully saturated rings. The van der Waals surface area contributed by atoms with Gasteiger partial charge in [0.05, 0.1) is 15.9 Å². The molecule has 0 radical (unpaired) electrons. The van der Waals surface area contributed by atoms with Gasteiger partial charge in [-0.25, -0.2) is 8.42 Å². The second kappa shape index (κ2) is 7.56. The van der Waals surface area contributed by atoms with E-state index in [0.29, 0.717) is 18.7 Å². The molecule has 0 amide bonds. The minimum absolute atomic E-state index is 0.0459. The van der Waals surface area contributed by atoms with Crippen LogP contribution < -0.4 is 0 Å². The average molecular weight is 436 g/mol. The number of nitro groups is 1. The van der Waals surface area contributed by atoms with Gasteiger partial charge in [0.1, 0.15) is 6.17 Å². The highest BCUT2D eigenvalue weighted by Gasteiger charge is 2.48. The molecule has 2 aliphatic heterocycles. The number of hydrogen-bond donors (Lipinski definition) is 0. The Morgan fingerprint density at radius 2 is 1.68 bits per heavy atom. The maximum Gasteiger partial charge on any atom is 0.269 e. The molecule has 5 rings (SSSR count). The zero-order valence-electron chi connectivity index (χ0n) is 16.7. The molecular formula is C23H21N3O4S. The Kier molecular flexibility index (Phi) is 4.85. The molecule has 0 N–H and O–H groups in total. The summed E-state index contributed by atoms with van der Waals surface area (Å²) in [5, 5.41) is 11.4. The van der Waals surface area contributed by atoms with E-state index in [9.17, 15) is 18.5 Å². The van der Waals surface area contributed by atoms with Crippen molar-refractivity contribution in [3.8, 4) is 0 Å². The molecule has 0 aliphatic carbocycles. The molecular weight excluding hydrogens is 414 g/mol. The molecule has 7 nitrogen and oxygen atoms in total. The summed E-state index contributed by atoms with van der Waals surface area (Å²) in [7, 11) is -3.81. The number of nitrogens with zero attached hydrogens (tertiary/aromatic N) is 3. The monoisotopic (exact) mass is 435 g/mol. The second-order valence-corrected chi connectivity index (χ2v) is 9.71. The fourth-order valence-electron chi connectivity index (χ4n) is 4.72. The van der Waals surface area contributed by atoms with E-state index in [-0.39, 0.29) is 16.6 Å². The molecule has 158 valence electrons. The predicted molar refractivity (Wildman–Crippen MR) is 116 cm³/mol. The van der Waals surface area contributed by atoms with E-state index >= 15 is 0 Å².